The fourth-order valence-electron chi connectivity index (χ4n) is 2.41. The highest BCUT2D eigenvalue weighted by Gasteiger charge is 2.25. The van der Waals surface area contributed by atoms with Crippen LogP contribution in [-0.4, -0.2) is 42.3 Å². The number of nitrogens with two attached hydrogens (primary N) is 1. The maximum Gasteiger partial charge on any atom is 0.251 e. The third-order valence-electron chi connectivity index (χ3n) is 3.74. The molecule has 118 valence electrons. The molecule has 2 rings (SSSR count). The first-order valence-electron chi connectivity index (χ1n) is 7.08. The SMILES string of the molecule is NC(=O)C1CCN(C(=O)CNC(=O)c2cccc(Br)c2)CC1. The van der Waals surface area contributed by atoms with Gasteiger partial charge in [-0.1, -0.05) is 22.0 Å². The van der Waals surface area contributed by atoms with E-state index in [-0.39, 0.29) is 30.2 Å². The molecule has 1 heterocycles. The molecule has 3 amide bonds. The molecule has 0 saturated carbocycles. The van der Waals surface area contributed by atoms with Gasteiger partial charge in [-0.3, -0.25) is 14.4 Å². The average Bonchev–Trinajstić information content (AvgIpc) is 2.52. The predicted octanol–water partition coefficient (Wildman–Crippen LogP) is 0.903. The molecule has 0 aliphatic carbocycles. The predicted molar refractivity (Wildman–Crippen MR) is 85.0 cm³/mol. The lowest BCUT2D eigenvalue weighted by Gasteiger charge is -2.30. The van der Waals surface area contributed by atoms with Gasteiger partial charge in [0.15, 0.2) is 0 Å². The highest BCUT2D eigenvalue weighted by atomic mass is 79.9. The topological polar surface area (TPSA) is 92.5 Å². The first-order chi connectivity index (χ1) is 10.5. The fourth-order valence-corrected chi connectivity index (χ4v) is 2.81. The number of likely N-dealkylation sites (tertiary alicyclic amines) is 1. The molecular formula is C15H18BrN3O3. The number of carbonyl (C=O) groups is 3. The Morgan fingerprint density at radius 2 is 1.95 bits per heavy atom. The number of amides is 3. The van der Waals surface area contributed by atoms with Gasteiger partial charge >= 0.3 is 0 Å². The summed E-state index contributed by atoms with van der Waals surface area (Å²) in [6.45, 7) is 0.949. The fraction of sp³-hybridized carbons (Fsp3) is 0.400. The van der Waals surface area contributed by atoms with Gasteiger partial charge in [0.25, 0.3) is 5.91 Å². The van der Waals surface area contributed by atoms with E-state index in [2.05, 4.69) is 21.2 Å². The summed E-state index contributed by atoms with van der Waals surface area (Å²) in [6, 6.07) is 6.96. The van der Waals surface area contributed by atoms with Crippen molar-refractivity contribution in [3.8, 4) is 0 Å². The van der Waals surface area contributed by atoms with E-state index in [4.69, 9.17) is 5.73 Å². The molecule has 1 aliphatic rings. The van der Waals surface area contributed by atoms with Crippen LogP contribution in [0, 0.1) is 5.92 Å². The molecule has 7 heteroatoms. The Kier molecular flexibility index (Phi) is 5.54. The summed E-state index contributed by atoms with van der Waals surface area (Å²) in [5.74, 6) is -0.900. The third kappa shape index (κ3) is 4.30. The van der Waals surface area contributed by atoms with Gasteiger partial charge in [-0.05, 0) is 31.0 Å². The van der Waals surface area contributed by atoms with Crippen LogP contribution in [0.1, 0.15) is 23.2 Å². The number of nitrogens with zero attached hydrogens (tertiary/aromatic N) is 1. The second-order valence-electron chi connectivity index (χ2n) is 5.25. The van der Waals surface area contributed by atoms with Gasteiger partial charge in [-0.25, -0.2) is 0 Å². The first kappa shape index (κ1) is 16.5. The van der Waals surface area contributed by atoms with Gasteiger partial charge in [0.05, 0.1) is 6.54 Å². The number of benzene rings is 1. The molecule has 0 spiro atoms. The van der Waals surface area contributed by atoms with Gasteiger partial charge in [-0.2, -0.15) is 0 Å². The molecule has 1 aromatic rings. The lowest BCUT2D eigenvalue weighted by Crippen LogP contribution is -2.45. The zero-order chi connectivity index (χ0) is 16.1. The number of piperidine rings is 1. The molecule has 0 atom stereocenters. The van der Waals surface area contributed by atoms with Gasteiger partial charge in [-0.15, -0.1) is 0 Å². The van der Waals surface area contributed by atoms with Crippen LogP contribution >= 0.6 is 15.9 Å². The number of hydrogen-bond acceptors (Lipinski definition) is 3. The zero-order valence-corrected chi connectivity index (χ0v) is 13.6. The van der Waals surface area contributed by atoms with Gasteiger partial charge < -0.3 is 16.0 Å². The molecule has 3 N–H and O–H groups in total. The Labute approximate surface area is 137 Å². The van der Waals surface area contributed by atoms with Crippen molar-refractivity contribution in [1.29, 1.82) is 0 Å². The molecule has 22 heavy (non-hydrogen) atoms. The standard InChI is InChI=1S/C15H18BrN3O3/c16-12-3-1-2-11(8-12)15(22)18-9-13(20)19-6-4-10(5-7-19)14(17)21/h1-3,8,10H,4-7,9H2,(H2,17,21)(H,18,22). The lowest BCUT2D eigenvalue weighted by atomic mass is 9.96. The van der Waals surface area contributed by atoms with Gasteiger partial charge in [0.2, 0.25) is 11.8 Å². The van der Waals surface area contributed by atoms with E-state index >= 15 is 0 Å². The maximum atomic E-state index is 12.1. The average molecular weight is 368 g/mol. The molecule has 6 nitrogen and oxygen atoms in total. The lowest BCUT2D eigenvalue weighted by molar-refractivity contribution is -0.133. The van der Waals surface area contributed by atoms with Crippen LogP contribution in [0.4, 0.5) is 0 Å². The normalized spacial score (nSPS) is 15.4. The second-order valence-corrected chi connectivity index (χ2v) is 6.17. The van der Waals surface area contributed by atoms with E-state index in [1.807, 2.05) is 6.07 Å². The number of carbonyl (C=O) groups excluding carboxylic acids is 3. The minimum absolute atomic E-state index is 0.0490. The summed E-state index contributed by atoms with van der Waals surface area (Å²) in [4.78, 5) is 36.8. The summed E-state index contributed by atoms with van der Waals surface area (Å²) in [5.41, 5.74) is 5.76. The molecule has 0 radical (unpaired) electrons. The van der Waals surface area contributed by atoms with E-state index < -0.39 is 0 Å². The summed E-state index contributed by atoms with van der Waals surface area (Å²) >= 11 is 3.30. The van der Waals surface area contributed by atoms with E-state index in [0.29, 0.717) is 31.5 Å². The van der Waals surface area contributed by atoms with Crippen molar-refractivity contribution in [2.45, 2.75) is 12.8 Å². The van der Waals surface area contributed by atoms with Crippen molar-refractivity contribution in [2.24, 2.45) is 11.7 Å². The molecule has 1 fully saturated rings. The summed E-state index contributed by atoms with van der Waals surface area (Å²) in [5, 5.41) is 2.61. The van der Waals surface area contributed by atoms with Crippen molar-refractivity contribution >= 4 is 33.7 Å². The summed E-state index contributed by atoms with van der Waals surface area (Å²) in [6.07, 6.45) is 1.17. The van der Waals surface area contributed by atoms with Crippen molar-refractivity contribution < 1.29 is 14.4 Å². The summed E-state index contributed by atoms with van der Waals surface area (Å²) in [7, 11) is 0. The second kappa shape index (κ2) is 7.40. The van der Waals surface area contributed by atoms with Gasteiger partial charge in [0, 0.05) is 29.0 Å². The van der Waals surface area contributed by atoms with E-state index in [1.54, 1.807) is 23.1 Å². The Bertz CT molecular complexity index is 583. The molecule has 0 bridgehead atoms. The number of nitrogens with one attached hydrogen (secondary N) is 1. The Balaban J connectivity index is 1.81. The van der Waals surface area contributed by atoms with Crippen LogP contribution in [-0.2, 0) is 9.59 Å². The number of primary amides is 1. The highest BCUT2D eigenvalue weighted by Crippen LogP contribution is 2.16. The highest BCUT2D eigenvalue weighted by molar-refractivity contribution is 9.10. The molecule has 0 unspecified atom stereocenters. The van der Waals surface area contributed by atoms with Crippen molar-refractivity contribution in [2.75, 3.05) is 19.6 Å². The molecule has 1 aliphatic heterocycles. The van der Waals surface area contributed by atoms with Crippen LogP contribution in [0.15, 0.2) is 28.7 Å². The third-order valence-corrected chi connectivity index (χ3v) is 4.23. The minimum Gasteiger partial charge on any atom is -0.369 e. The Morgan fingerprint density at radius 1 is 1.27 bits per heavy atom. The minimum atomic E-state index is -0.310. The van der Waals surface area contributed by atoms with Crippen LogP contribution in [0.25, 0.3) is 0 Å². The molecular weight excluding hydrogens is 350 g/mol. The van der Waals surface area contributed by atoms with Crippen LogP contribution in [0.3, 0.4) is 0 Å². The number of rotatable bonds is 4. The Hall–Kier alpha value is -1.89. The number of halogens is 1. The van der Waals surface area contributed by atoms with E-state index in [0.717, 1.165) is 4.47 Å². The largest absolute Gasteiger partial charge is 0.369 e. The maximum absolute atomic E-state index is 12.1. The van der Waals surface area contributed by atoms with Gasteiger partial charge in [0.1, 0.15) is 0 Å². The Morgan fingerprint density at radius 3 is 2.55 bits per heavy atom. The van der Waals surface area contributed by atoms with Crippen LogP contribution < -0.4 is 11.1 Å². The van der Waals surface area contributed by atoms with E-state index in [9.17, 15) is 14.4 Å². The van der Waals surface area contributed by atoms with E-state index in [1.165, 1.54) is 0 Å². The van der Waals surface area contributed by atoms with Crippen LogP contribution in [0.2, 0.25) is 0 Å². The smallest absolute Gasteiger partial charge is 0.251 e. The van der Waals surface area contributed by atoms with Crippen LogP contribution in [0.5, 0.6) is 0 Å². The zero-order valence-electron chi connectivity index (χ0n) is 12.0. The quantitative estimate of drug-likeness (QED) is 0.827. The monoisotopic (exact) mass is 367 g/mol. The molecule has 1 aromatic carbocycles. The molecule has 0 aromatic heterocycles. The number of hydrogen-bond donors (Lipinski definition) is 2. The first-order valence-corrected chi connectivity index (χ1v) is 7.87. The van der Waals surface area contributed by atoms with Crippen molar-refractivity contribution in [3.63, 3.8) is 0 Å². The summed E-state index contributed by atoms with van der Waals surface area (Å²) < 4.78 is 0.806. The molecule has 1 saturated heterocycles. The van der Waals surface area contributed by atoms with Crippen molar-refractivity contribution in [1.82, 2.24) is 10.2 Å². The van der Waals surface area contributed by atoms with Crippen molar-refractivity contribution in [3.05, 3.63) is 34.3 Å².